The Labute approximate surface area is 112 Å². The van der Waals surface area contributed by atoms with Crippen LogP contribution in [0, 0.1) is 5.92 Å². The number of amides is 1. The fraction of sp³-hybridized carbons (Fsp3) is 0.846. The largest absolute Gasteiger partial charge is 0.481 e. The molecule has 0 aromatic rings. The molecule has 0 aliphatic carbocycles. The molecule has 1 amide bonds. The van der Waals surface area contributed by atoms with E-state index in [1.807, 2.05) is 0 Å². The third-order valence-electron chi connectivity index (χ3n) is 3.69. The number of piperidine rings is 1. The van der Waals surface area contributed by atoms with Crippen LogP contribution in [0.3, 0.4) is 0 Å². The van der Waals surface area contributed by atoms with Crippen molar-refractivity contribution in [3.63, 3.8) is 0 Å². The third-order valence-corrected chi connectivity index (χ3v) is 3.69. The lowest BCUT2D eigenvalue weighted by molar-refractivity contribution is -0.159. The molecule has 2 atom stereocenters. The van der Waals surface area contributed by atoms with Gasteiger partial charge in [-0.2, -0.15) is 0 Å². The van der Waals surface area contributed by atoms with Crippen molar-refractivity contribution < 1.29 is 24.2 Å². The summed E-state index contributed by atoms with van der Waals surface area (Å²) in [7, 11) is 0. The molecule has 0 bridgehead atoms. The van der Waals surface area contributed by atoms with Crippen molar-refractivity contribution in [2.75, 3.05) is 32.9 Å². The van der Waals surface area contributed by atoms with Crippen molar-refractivity contribution in [3.8, 4) is 0 Å². The molecule has 2 heterocycles. The van der Waals surface area contributed by atoms with E-state index < -0.39 is 12.1 Å². The van der Waals surface area contributed by atoms with E-state index in [0.717, 1.165) is 19.4 Å². The molecule has 108 valence electrons. The number of nitrogens with zero attached hydrogens (tertiary/aromatic N) is 1. The molecule has 0 spiro atoms. The highest BCUT2D eigenvalue weighted by atomic mass is 16.6. The first kappa shape index (κ1) is 14.3. The molecular formula is C13H21NO5. The standard InChI is InChI=1S/C13H21NO5/c15-12(16)4-3-10-2-1-5-14(8-10)13(17)11-9-18-6-7-19-11/h10-11H,1-9H2,(H,15,16)/t10-,11-/m1/s1. The molecule has 2 aliphatic heterocycles. The quantitative estimate of drug-likeness (QED) is 0.806. The van der Waals surface area contributed by atoms with E-state index >= 15 is 0 Å². The fourth-order valence-electron chi connectivity index (χ4n) is 2.66. The van der Waals surface area contributed by atoms with Gasteiger partial charge in [-0.25, -0.2) is 0 Å². The molecule has 2 rings (SSSR count). The van der Waals surface area contributed by atoms with E-state index in [4.69, 9.17) is 14.6 Å². The first-order valence-corrected chi connectivity index (χ1v) is 6.86. The smallest absolute Gasteiger partial charge is 0.303 e. The predicted octanol–water partition coefficient (Wildman–Crippen LogP) is 0.505. The number of hydrogen-bond donors (Lipinski definition) is 1. The number of carbonyl (C=O) groups excluding carboxylic acids is 1. The minimum absolute atomic E-state index is 0.0141. The number of carboxylic acids is 1. The minimum atomic E-state index is -0.771. The Morgan fingerprint density at radius 2 is 2.16 bits per heavy atom. The summed E-state index contributed by atoms with van der Waals surface area (Å²) in [5.74, 6) is -0.495. The van der Waals surface area contributed by atoms with E-state index in [2.05, 4.69) is 0 Å². The summed E-state index contributed by atoms with van der Waals surface area (Å²) < 4.78 is 10.7. The fourth-order valence-corrected chi connectivity index (χ4v) is 2.66. The number of aliphatic carboxylic acids is 1. The van der Waals surface area contributed by atoms with Gasteiger partial charge in [0.25, 0.3) is 5.91 Å². The Morgan fingerprint density at radius 1 is 1.32 bits per heavy atom. The second kappa shape index (κ2) is 6.86. The molecule has 0 radical (unpaired) electrons. The topological polar surface area (TPSA) is 76.1 Å². The molecule has 1 N–H and O–H groups in total. The second-order valence-electron chi connectivity index (χ2n) is 5.16. The van der Waals surface area contributed by atoms with Crippen molar-refractivity contribution in [2.24, 2.45) is 5.92 Å². The number of ether oxygens (including phenoxy) is 2. The van der Waals surface area contributed by atoms with Crippen LogP contribution < -0.4 is 0 Å². The van der Waals surface area contributed by atoms with Crippen LogP contribution in [0.2, 0.25) is 0 Å². The van der Waals surface area contributed by atoms with Crippen LogP contribution in [0.25, 0.3) is 0 Å². The number of rotatable bonds is 4. The zero-order valence-corrected chi connectivity index (χ0v) is 11.0. The van der Waals surface area contributed by atoms with Crippen molar-refractivity contribution in [2.45, 2.75) is 31.8 Å². The van der Waals surface area contributed by atoms with Crippen molar-refractivity contribution in [3.05, 3.63) is 0 Å². The zero-order valence-electron chi connectivity index (χ0n) is 11.0. The molecule has 0 saturated carbocycles. The summed E-state index contributed by atoms with van der Waals surface area (Å²) in [6.45, 7) is 2.72. The Kier molecular flexibility index (Phi) is 5.15. The summed E-state index contributed by atoms with van der Waals surface area (Å²) in [5, 5.41) is 8.71. The van der Waals surface area contributed by atoms with Gasteiger partial charge in [0.15, 0.2) is 6.10 Å². The zero-order chi connectivity index (χ0) is 13.7. The highest BCUT2D eigenvalue weighted by Gasteiger charge is 2.31. The van der Waals surface area contributed by atoms with Gasteiger partial charge in [0.1, 0.15) is 0 Å². The second-order valence-corrected chi connectivity index (χ2v) is 5.16. The lowest BCUT2D eigenvalue weighted by Gasteiger charge is -2.35. The summed E-state index contributed by atoms with van der Waals surface area (Å²) in [6.07, 6.45) is 2.27. The van der Waals surface area contributed by atoms with E-state index in [1.165, 1.54) is 0 Å². The predicted molar refractivity (Wildman–Crippen MR) is 66.7 cm³/mol. The van der Waals surface area contributed by atoms with Crippen molar-refractivity contribution in [1.82, 2.24) is 4.90 Å². The van der Waals surface area contributed by atoms with Gasteiger partial charge in [-0.3, -0.25) is 9.59 Å². The van der Waals surface area contributed by atoms with Gasteiger partial charge in [-0.1, -0.05) is 0 Å². The van der Waals surface area contributed by atoms with E-state index in [-0.39, 0.29) is 12.3 Å². The van der Waals surface area contributed by atoms with Crippen LogP contribution in [-0.2, 0) is 19.1 Å². The molecule has 6 nitrogen and oxygen atoms in total. The average Bonchev–Trinajstić information content (AvgIpc) is 2.45. The Balaban J connectivity index is 1.82. The van der Waals surface area contributed by atoms with E-state index in [9.17, 15) is 9.59 Å². The van der Waals surface area contributed by atoms with Crippen LogP contribution in [0.5, 0.6) is 0 Å². The van der Waals surface area contributed by atoms with Gasteiger partial charge < -0.3 is 19.5 Å². The Bertz CT molecular complexity index is 327. The molecule has 0 aromatic carbocycles. The average molecular weight is 271 g/mol. The van der Waals surface area contributed by atoms with Crippen LogP contribution >= 0.6 is 0 Å². The number of carbonyl (C=O) groups is 2. The first-order valence-electron chi connectivity index (χ1n) is 6.86. The maximum Gasteiger partial charge on any atom is 0.303 e. The SMILES string of the molecule is O=C(O)CC[C@H]1CCCN(C(=O)[C@H]2COCCO2)C1. The normalized spacial score (nSPS) is 28.1. The number of likely N-dealkylation sites (tertiary alicyclic amines) is 1. The molecular weight excluding hydrogens is 250 g/mol. The Morgan fingerprint density at radius 3 is 2.84 bits per heavy atom. The van der Waals surface area contributed by atoms with Gasteiger partial charge in [0.05, 0.1) is 19.8 Å². The van der Waals surface area contributed by atoms with Crippen LogP contribution in [0.4, 0.5) is 0 Å². The summed E-state index contributed by atoms with van der Waals surface area (Å²) >= 11 is 0. The van der Waals surface area contributed by atoms with Gasteiger partial charge in [-0.15, -0.1) is 0 Å². The monoisotopic (exact) mass is 271 g/mol. The van der Waals surface area contributed by atoms with Gasteiger partial charge in [-0.05, 0) is 25.2 Å². The first-order chi connectivity index (χ1) is 9.16. The van der Waals surface area contributed by atoms with Crippen LogP contribution in [0.1, 0.15) is 25.7 Å². The summed E-state index contributed by atoms with van der Waals surface area (Å²) in [6, 6.07) is 0. The van der Waals surface area contributed by atoms with Gasteiger partial charge in [0.2, 0.25) is 0 Å². The highest BCUT2D eigenvalue weighted by Crippen LogP contribution is 2.22. The number of carboxylic acid groups (broad SMARTS) is 1. The molecule has 2 saturated heterocycles. The van der Waals surface area contributed by atoms with Gasteiger partial charge >= 0.3 is 5.97 Å². The molecule has 2 fully saturated rings. The highest BCUT2D eigenvalue weighted by molar-refractivity contribution is 5.81. The van der Waals surface area contributed by atoms with Crippen molar-refractivity contribution >= 4 is 11.9 Å². The summed E-state index contributed by atoms with van der Waals surface area (Å²) in [5.41, 5.74) is 0. The molecule has 2 aliphatic rings. The molecule has 0 unspecified atom stereocenters. The lowest BCUT2D eigenvalue weighted by Crippen LogP contribution is -2.48. The molecule has 6 heteroatoms. The number of hydrogen-bond acceptors (Lipinski definition) is 4. The van der Waals surface area contributed by atoms with E-state index in [0.29, 0.717) is 38.7 Å². The van der Waals surface area contributed by atoms with Crippen LogP contribution in [-0.4, -0.2) is 60.9 Å². The summed E-state index contributed by atoms with van der Waals surface area (Å²) in [4.78, 5) is 24.6. The Hall–Kier alpha value is -1.14. The van der Waals surface area contributed by atoms with Gasteiger partial charge in [0, 0.05) is 19.5 Å². The third kappa shape index (κ3) is 4.18. The molecule has 19 heavy (non-hydrogen) atoms. The maximum atomic E-state index is 12.2. The minimum Gasteiger partial charge on any atom is -0.481 e. The van der Waals surface area contributed by atoms with E-state index in [1.54, 1.807) is 4.90 Å². The lowest BCUT2D eigenvalue weighted by atomic mass is 9.93. The molecule has 0 aromatic heterocycles. The van der Waals surface area contributed by atoms with Crippen LogP contribution in [0.15, 0.2) is 0 Å². The maximum absolute atomic E-state index is 12.2. The van der Waals surface area contributed by atoms with Crippen molar-refractivity contribution in [1.29, 1.82) is 0 Å².